The van der Waals surface area contributed by atoms with Gasteiger partial charge in [0.05, 0.1) is 27.2 Å². The minimum Gasteiger partial charge on any atom is -0.481 e. The first kappa shape index (κ1) is 15.0. The van der Waals surface area contributed by atoms with Crippen LogP contribution in [0.2, 0.25) is 15.1 Å². The predicted octanol–water partition coefficient (Wildman–Crippen LogP) is 4.48. The molecule has 104 valence electrons. The van der Waals surface area contributed by atoms with Crippen molar-refractivity contribution in [1.82, 2.24) is 4.98 Å². The molecule has 1 N–H and O–H groups in total. The van der Waals surface area contributed by atoms with Crippen molar-refractivity contribution in [3.63, 3.8) is 0 Å². The first-order valence-electron chi connectivity index (χ1n) is 5.41. The number of nitrogens with zero attached hydrogens (tertiary/aromatic N) is 1. The third-order valence-corrected chi connectivity index (χ3v) is 3.64. The summed E-state index contributed by atoms with van der Waals surface area (Å²) in [6.45, 7) is 0. The van der Waals surface area contributed by atoms with Crippen molar-refractivity contribution in [2.75, 3.05) is 0 Å². The highest BCUT2D eigenvalue weighted by Crippen LogP contribution is 2.39. The fourth-order valence-corrected chi connectivity index (χ4v) is 2.36. The average molecular weight is 335 g/mol. The van der Waals surface area contributed by atoms with Gasteiger partial charge in [0.2, 0.25) is 0 Å². The van der Waals surface area contributed by atoms with Gasteiger partial charge in [0.1, 0.15) is 11.5 Å². The molecule has 20 heavy (non-hydrogen) atoms. The summed E-state index contributed by atoms with van der Waals surface area (Å²) in [5.74, 6) is -1.73. The van der Waals surface area contributed by atoms with E-state index in [-0.39, 0.29) is 38.4 Å². The molecular weight excluding hydrogens is 328 g/mol. The molecule has 0 aliphatic rings. The highest BCUT2D eigenvalue weighted by molar-refractivity contribution is 6.46. The maximum atomic E-state index is 13.9. The third kappa shape index (κ3) is 3.03. The zero-order valence-electron chi connectivity index (χ0n) is 9.83. The Kier molecular flexibility index (Phi) is 4.48. The van der Waals surface area contributed by atoms with E-state index in [9.17, 15) is 9.18 Å². The number of halogens is 4. The van der Waals surface area contributed by atoms with Gasteiger partial charge in [-0.05, 0) is 24.3 Å². The Morgan fingerprint density at radius 1 is 1.15 bits per heavy atom. The van der Waals surface area contributed by atoms with Crippen molar-refractivity contribution in [2.45, 2.75) is 6.42 Å². The Morgan fingerprint density at radius 2 is 1.80 bits per heavy atom. The molecule has 1 aromatic heterocycles. The van der Waals surface area contributed by atoms with Gasteiger partial charge in [-0.25, -0.2) is 9.37 Å². The molecule has 0 bridgehead atoms. The lowest BCUT2D eigenvalue weighted by Crippen LogP contribution is -2.04. The van der Waals surface area contributed by atoms with E-state index in [2.05, 4.69) is 4.98 Å². The standard InChI is InChI=1S/C13H7Cl3FNO2/c14-7-2-3-8(15)12(16)11(7)13-9(17)4-1-6(18-13)5-10(19)20/h1-4H,5H2,(H,19,20). The van der Waals surface area contributed by atoms with Crippen molar-refractivity contribution in [2.24, 2.45) is 0 Å². The summed E-state index contributed by atoms with van der Waals surface area (Å²) in [7, 11) is 0. The van der Waals surface area contributed by atoms with E-state index in [1.54, 1.807) is 0 Å². The average Bonchev–Trinajstić information content (AvgIpc) is 2.37. The lowest BCUT2D eigenvalue weighted by molar-refractivity contribution is -0.136. The molecule has 0 radical (unpaired) electrons. The van der Waals surface area contributed by atoms with E-state index >= 15 is 0 Å². The number of carboxylic acid groups (broad SMARTS) is 1. The van der Waals surface area contributed by atoms with E-state index < -0.39 is 11.8 Å². The first-order chi connectivity index (χ1) is 9.40. The number of aliphatic carboxylic acids is 1. The number of hydrogen-bond donors (Lipinski definition) is 1. The van der Waals surface area contributed by atoms with Crippen LogP contribution in [0, 0.1) is 5.82 Å². The molecule has 0 unspecified atom stereocenters. The molecule has 2 aromatic rings. The monoisotopic (exact) mass is 333 g/mol. The lowest BCUT2D eigenvalue weighted by Gasteiger charge is -2.10. The van der Waals surface area contributed by atoms with Crippen LogP contribution < -0.4 is 0 Å². The summed E-state index contributed by atoms with van der Waals surface area (Å²) >= 11 is 17.9. The molecule has 1 heterocycles. The largest absolute Gasteiger partial charge is 0.481 e. The second-order valence-electron chi connectivity index (χ2n) is 3.92. The van der Waals surface area contributed by atoms with E-state index in [0.29, 0.717) is 0 Å². The van der Waals surface area contributed by atoms with Crippen molar-refractivity contribution in [3.05, 3.63) is 50.8 Å². The van der Waals surface area contributed by atoms with Gasteiger partial charge in [0, 0.05) is 5.56 Å². The van der Waals surface area contributed by atoms with Crippen LogP contribution in [-0.2, 0) is 11.2 Å². The zero-order valence-corrected chi connectivity index (χ0v) is 12.1. The van der Waals surface area contributed by atoms with Gasteiger partial charge in [0.25, 0.3) is 0 Å². The number of hydrogen-bond acceptors (Lipinski definition) is 2. The summed E-state index contributed by atoms with van der Waals surface area (Å²) < 4.78 is 13.9. The molecule has 0 atom stereocenters. The number of aromatic nitrogens is 1. The van der Waals surface area contributed by atoms with Crippen molar-refractivity contribution >= 4 is 40.8 Å². The lowest BCUT2D eigenvalue weighted by atomic mass is 10.1. The molecule has 0 fully saturated rings. The van der Waals surface area contributed by atoms with Gasteiger partial charge in [-0.15, -0.1) is 0 Å². The molecule has 7 heteroatoms. The number of benzene rings is 1. The summed E-state index contributed by atoms with van der Waals surface area (Å²) in [5.41, 5.74) is 0.216. The number of rotatable bonds is 3. The minimum atomic E-state index is -1.07. The quantitative estimate of drug-likeness (QED) is 0.842. The summed E-state index contributed by atoms with van der Waals surface area (Å²) in [6.07, 6.45) is -0.330. The number of carboxylic acids is 1. The molecule has 0 aliphatic heterocycles. The fraction of sp³-hybridized carbons (Fsp3) is 0.0769. The Balaban J connectivity index is 2.63. The third-order valence-electron chi connectivity index (χ3n) is 2.52. The van der Waals surface area contributed by atoms with Crippen molar-refractivity contribution in [1.29, 1.82) is 0 Å². The van der Waals surface area contributed by atoms with E-state index in [0.717, 1.165) is 6.07 Å². The van der Waals surface area contributed by atoms with Gasteiger partial charge >= 0.3 is 5.97 Å². The Morgan fingerprint density at radius 3 is 2.45 bits per heavy atom. The maximum Gasteiger partial charge on any atom is 0.309 e. The molecule has 0 amide bonds. The molecule has 1 aromatic carbocycles. The highest BCUT2D eigenvalue weighted by atomic mass is 35.5. The smallest absolute Gasteiger partial charge is 0.309 e. The van der Waals surface area contributed by atoms with Crippen molar-refractivity contribution in [3.8, 4) is 11.3 Å². The van der Waals surface area contributed by atoms with Gasteiger partial charge in [-0.2, -0.15) is 0 Å². The maximum absolute atomic E-state index is 13.9. The molecule has 0 saturated heterocycles. The molecule has 0 aliphatic carbocycles. The second-order valence-corrected chi connectivity index (χ2v) is 5.11. The van der Waals surface area contributed by atoms with E-state index in [1.165, 1.54) is 18.2 Å². The molecule has 0 saturated carbocycles. The number of carbonyl (C=O) groups is 1. The van der Waals surface area contributed by atoms with Crippen LogP contribution in [-0.4, -0.2) is 16.1 Å². The number of pyridine rings is 1. The Labute approximate surface area is 128 Å². The van der Waals surface area contributed by atoms with Gasteiger partial charge in [-0.1, -0.05) is 34.8 Å². The van der Waals surface area contributed by atoms with Crippen LogP contribution in [0.4, 0.5) is 4.39 Å². The topological polar surface area (TPSA) is 50.2 Å². The normalized spacial score (nSPS) is 10.6. The summed E-state index contributed by atoms with van der Waals surface area (Å²) in [4.78, 5) is 14.6. The van der Waals surface area contributed by atoms with E-state index in [1.807, 2.05) is 0 Å². The zero-order chi connectivity index (χ0) is 14.9. The second kappa shape index (κ2) is 5.95. The Bertz CT molecular complexity index is 692. The van der Waals surface area contributed by atoms with E-state index in [4.69, 9.17) is 39.9 Å². The highest BCUT2D eigenvalue weighted by Gasteiger charge is 2.18. The first-order valence-corrected chi connectivity index (χ1v) is 6.54. The minimum absolute atomic E-state index is 0.0676. The van der Waals surface area contributed by atoms with Crippen LogP contribution in [0.3, 0.4) is 0 Å². The van der Waals surface area contributed by atoms with Crippen LogP contribution in [0.15, 0.2) is 24.3 Å². The SMILES string of the molecule is O=C(O)Cc1ccc(F)c(-c2c(Cl)ccc(Cl)c2Cl)n1. The van der Waals surface area contributed by atoms with Gasteiger partial charge < -0.3 is 5.11 Å². The fourth-order valence-electron chi connectivity index (χ4n) is 1.66. The Hall–Kier alpha value is -1.36. The van der Waals surface area contributed by atoms with Crippen LogP contribution in [0.5, 0.6) is 0 Å². The molecular formula is C13H7Cl3FNO2. The summed E-state index contributed by atoms with van der Waals surface area (Å²) in [6, 6.07) is 5.36. The van der Waals surface area contributed by atoms with Crippen molar-refractivity contribution < 1.29 is 14.3 Å². The van der Waals surface area contributed by atoms with Gasteiger partial charge in [-0.3, -0.25) is 4.79 Å². The molecule has 2 rings (SSSR count). The van der Waals surface area contributed by atoms with Gasteiger partial charge in [0.15, 0.2) is 0 Å². The molecule has 0 spiro atoms. The predicted molar refractivity (Wildman–Crippen MR) is 76.0 cm³/mol. The molecule has 3 nitrogen and oxygen atoms in total. The van der Waals surface area contributed by atoms with Crippen LogP contribution >= 0.6 is 34.8 Å². The summed E-state index contributed by atoms with van der Waals surface area (Å²) in [5, 5.41) is 9.20. The van der Waals surface area contributed by atoms with Crippen LogP contribution in [0.1, 0.15) is 5.69 Å². The van der Waals surface area contributed by atoms with Crippen LogP contribution in [0.25, 0.3) is 11.3 Å².